The maximum atomic E-state index is 11.9. The van der Waals surface area contributed by atoms with Gasteiger partial charge in [0.1, 0.15) is 5.75 Å². The lowest BCUT2D eigenvalue weighted by Gasteiger charge is -2.01. The Balaban J connectivity index is 1.69. The van der Waals surface area contributed by atoms with Gasteiger partial charge in [-0.2, -0.15) is 15.3 Å². The molecule has 1 amide bonds. The Labute approximate surface area is 149 Å². The fourth-order valence-electron chi connectivity index (χ4n) is 2.05. The van der Waals surface area contributed by atoms with Crippen LogP contribution in [0.4, 0.5) is 11.4 Å². The molecule has 7 heteroatoms. The van der Waals surface area contributed by atoms with Crippen LogP contribution in [0.5, 0.6) is 5.75 Å². The Bertz CT molecular complexity index is 941. The number of carbonyl (C=O) groups is 1. The van der Waals surface area contributed by atoms with E-state index in [9.17, 15) is 9.90 Å². The van der Waals surface area contributed by atoms with Crippen LogP contribution >= 0.6 is 0 Å². The number of aromatic nitrogens is 1. The number of aromatic hydroxyl groups is 1. The van der Waals surface area contributed by atoms with Crippen molar-refractivity contribution in [3.8, 4) is 5.75 Å². The maximum Gasteiger partial charge on any atom is 0.271 e. The number of phenols is 1. The molecule has 1 aromatic heterocycles. The van der Waals surface area contributed by atoms with Crippen LogP contribution in [-0.2, 0) is 0 Å². The third-order valence-corrected chi connectivity index (χ3v) is 3.36. The summed E-state index contributed by atoms with van der Waals surface area (Å²) in [4.78, 5) is 15.7. The summed E-state index contributed by atoms with van der Waals surface area (Å²) in [6, 6.07) is 17.2. The van der Waals surface area contributed by atoms with E-state index in [1.165, 1.54) is 24.7 Å². The van der Waals surface area contributed by atoms with Crippen molar-refractivity contribution in [1.82, 2.24) is 10.4 Å². The van der Waals surface area contributed by atoms with Crippen LogP contribution < -0.4 is 5.43 Å². The fraction of sp³-hybridized carbons (Fsp3) is 0. The molecular weight excluding hydrogens is 330 g/mol. The molecular formula is C19H15N5O2. The van der Waals surface area contributed by atoms with Gasteiger partial charge in [-0.25, -0.2) is 5.43 Å². The fourth-order valence-corrected chi connectivity index (χ4v) is 2.05. The van der Waals surface area contributed by atoms with Crippen molar-refractivity contribution in [1.29, 1.82) is 0 Å². The standard InChI is InChI=1S/C19H15N5O2/c25-18-7-6-17(23-22-16-4-2-1-3-5-16)12-15(18)13-21-24-19(26)14-8-10-20-11-9-14/h1-13,25H,(H,24,26)/b21-13+,23-22?. The number of phenolic OH excluding ortho intramolecular Hbond substituents is 1. The van der Waals surface area contributed by atoms with Crippen molar-refractivity contribution in [2.45, 2.75) is 0 Å². The molecule has 7 nitrogen and oxygen atoms in total. The lowest BCUT2D eigenvalue weighted by atomic mass is 10.2. The molecule has 0 saturated heterocycles. The monoisotopic (exact) mass is 345 g/mol. The molecule has 0 aliphatic heterocycles. The van der Waals surface area contributed by atoms with Gasteiger partial charge in [0.05, 0.1) is 17.6 Å². The van der Waals surface area contributed by atoms with Gasteiger partial charge in [0, 0.05) is 23.5 Å². The zero-order valence-electron chi connectivity index (χ0n) is 13.6. The Kier molecular flexibility index (Phi) is 5.41. The molecule has 0 radical (unpaired) electrons. The highest BCUT2D eigenvalue weighted by molar-refractivity contribution is 5.95. The van der Waals surface area contributed by atoms with E-state index in [0.717, 1.165) is 5.69 Å². The van der Waals surface area contributed by atoms with Gasteiger partial charge in [-0.05, 0) is 42.5 Å². The third kappa shape index (κ3) is 4.57. The number of hydrogen-bond acceptors (Lipinski definition) is 6. The number of benzene rings is 2. The molecule has 2 aromatic carbocycles. The highest BCUT2D eigenvalue weighted by atomic mass is 16.3. The summed E-state index contributed by atoms with van der Waals surface area (Å²) >= 11 is 0. The molecule has 0 aliphatic rings. The average Bonchev–Trinajstić information content (AvgIpc) is 2.69. The molecule has 0 bridgehead atoms. The molecule has 0 fully saturated rings. The van der Waals surface area contributed by atoms with E-state index in [1.807, 2.05) is 30.3 Å². The van der Waals surface area contributed by atoms with Crippen molar-refractivity contribution in [2.75, 3.05) is 0 Å². The zero-order valence-corrected chi connectivity index (χ0v) is 13.6. The van der Waals surface area contributed by atoms with E-state index in [0.29, 0.717) is 16.8 Å². The maximum absolute atomic E-state index is 11.9. The van der Waals surface area contributed by atoms with Gasteiger partial charge in [-0.3, -0.25) is 9.78 Å². The van der Waals surface area contributed by atoms with E-state index in [4.69, 9.17) is 0 Å². The summed E-state index contributed by atoms with van der Waals surface area (Å²) in [7, 11) is 0. The van der Waals surface area contributed by atoms with Gasteiger partial charge >= 0.3 is 0 Å². The van der Waals surface area contributed by atoms with Crippen molar-refractivity contribution in [2.24, 2.45) is 15.3 Å². The van der Waals surface area contributed by atoms with Gasteiger partial charge in [-0.1, -0.05) is 18.2 Å². The van der Waals surface area contributed by atoms with E-state index >= 15 is 0 Å². The molecule has 0 spiro atoms. The van der Waals surface area contributed by atoms with Crippen LogP contribution in [0.2, 0.25) is 0 Å². The van der Waals surface area contributed by atoms with Crippen molar-refractivity contribution < 1.29 is 9.90 Å². The van der Waals surface area contributed by atoms with Crippen molar-refractivity contribution in [3.05, 3.63) is 84.2 Å². The Hall–Kier alpha value is -3.87. The number of azo groups is 1. The number of hydrogen-bond donors (Lipinski definition) is 2. The summed E-state index contributed by atoms with van der Waals surface area (Å²) in [5.41, 5.74) is 4.51. The number of nitrogens with one attached hydrogen (secondary N) is 1. The second kappa shape index (κ2) is 8.29. The minimum atomic E-state index is -0.372. The summed E-state index contributed by atoms with van der Waals surface area (Å²) in [5.74, 6) is -0.353. The second-order valence-corrected chi connectivity index (χ2v) is 5.21. The number of rotatable bonds is 5. The lowest BCUT2D eigenvalue weighted by molar-refractivity contribution is 0.0955. The van der Waals surface area contributed by atoms with Gasteiger partial charge < -0.3 is 5.11 Å². The third-order valence-electron chi connectivity index (χ3n) is 3.36. The van der Waals surface area contributed by atoms with Crippen LogP contribution in [0.15, 0.2) is 88.4 Å². The molecule has 0 atom stereocenters. The van der Waals surface area contributed by atoms with Gasteiger partial charge in [0.15, 0.2) is 0 Å². The Morgan fingerprint density at radius 3 is 2.46 bits per heavy atom. The van der Waals surface area contributed by atoms with E-state index < -0.39 is 0 Å². The molecule has 2 N–H and O–H groups in total. The van der Waals surface area contributed by atoms with Crippen molar-refractivity contribution in [3.63, 3.8) is 0 Å². The second-order valence-electron chi connectivity index (χ2n) is 5.21. The van der Waals surface area contributed by atoms with Crippen LogP contribution in [0.3, 0.4) is 0 Å². The first-order chi connectivity index (χ1) is 12.7. The van der Waals surface area contributed by atoms with Crippen molar-refractivity contribution >= 4 is 23.5 Å². The summed E-state index contributed by atoms with van der Waals surface area (Å²) in [6.07, 6.45) is 4.38. The van der Waals surface area contributed by atoms with E-state index in [1.54, 1.807) is 24.3 Å². The molecule has 3 aromatic rings. The molecule has 1 heterocycles. The lowest BCUT2D eigenvalue weighted by Crippen LogP contribution is -2.17. The number of pyridine rings is 1. The normalized spacial score (nSPS) is 11.1. The van der Waals surface area contributed by atoms with Gasteiger partial charge in [-0.15, -0.1) is 0 Å². The predicted octanol–water partition coefficient (Wildman–Crippen LogP) is 3.97. The van der Waals surface area contributed by atoms with Crippen LogP contribution in [0, 0.1) is 0 Å². The summed E-state index contributed by atoms with van der Waals surface area (Å²) in [5, 5.41) is 22.0. The van der Waals surface area contributed by atoms with Gasteiger partial charge in [0.2, 0.25) is 0 Å². The summed E-state index contributed by atoms with van der Waals surface area (Å²) in [6.45, 7) is 0. The largest absolute Gasteiger partial charge is 0.507 e. The predicted molar refractivity (Wildman–Crippen MR) is 98.0 cm³/mol. The molecule has 26 heavy (non-hydrogen) atoms. The first-order valence-electron chi connectivity index (χ1n) is 7.75. The molecule has 0 unspecified atom stereocenters. The van der Waals surface area contributed by atoms with Crippen LogP contribution in [-0.4, -0.2) is 22.2 Å². The Morgan fingerprint density at radius 1 is 0.962 bits per heavy atom. The Morgan fingerprint density at radius 2 is 1.69 bits per heavy atom. The first-order valence-corrected chi connectivity index (χ1v) is 7.75. The molecule has 128 valence electrons. The number of carbonyl (C=O) groups excluding carboxylic acids is 1. The number of hydrazone groups is 1. The minimum Gasteiger partial charge on any atom is -0.507 e. The van der Waals surface area contributed by atoms with E-state index in [2.05, 4.69) is 25.7 Å². The molecule has 0 aliphatic carbocycles. The van der Waals surface area contributed by atoms with Gasteiger partial charge in [0.25, 0.3) is 5.91 Å². The highest BCUT2D eigenvalue weighted by Gasteiger charge is 2.03. The van der Waals surface area contributed by atoms with Crippen LogP contribution in [0.25, 0.3) is 0 Å². The summed E-state index contributed by atoms with van der Waals surface area (Å²) < 4.78 is 0. The highest BCUT2D eigenvalue weighted by Crippen LogP contribution is 2.23. The SMILES string of the molecule is O=C(N/N=C/c1cc(N=Nc2ccccc2)ccc1O)c1ccncc1. The smallest absolute Gasteiger partial charge is 0.271 e. The molecule has 3 rings (SSSR count). The number of amides is 1. The number of nitrogens with zero attached hydrogens (tertiary/aromatic N) is 4. The van der Waals surface area contributed by atoms with E-state index in [-0.39, 0.29) is 11.7 Å². The van der Waals surface area contributed by atoms with Crippen LogP contribution in [0.1, 0.15) is 15.9 Å². The average molecular weight is 345 g/mol. The quantitative estimate of drug-likeness (QED) is 0.416. The minimum absolute atomic E-state index is 0.0190. The topological polar surface area (TPSA) is 99.3 Å². The first kappa shape index (κ1) is 17.0. The zero-order chi connectivity index (χ0) is 18.2. The molecule has 0 saturated carbocycles.